The highest BCUT2D eigenvalue weighted by molar-refractivity contribution is 5.93. The third kappa shape index (κ3) is 4.52. The number of amides is 1. The zero-order chi connectivity index (χ0) is 19.9. The van der Waals surface area contributed by atoms with E-state index < -0.39 is 0 Å². The largest absolute Gasteiger partial charge is 0.491 e. The van der Waals surface area contributed by atoms with Crippen molar-refractivity contribution in [1.82, 2.24) is 15.1 Å². The van der Waals surface area contributed by atoms with E-state index in [0.717, 1.165) is 22.6 Å². The molecular formula is C24H21N3O2. The van der Waals surface area contributed by atoms with Crippen molar-refractivity contribution in [3.8, 4) is 22.6 Å². The lowest BCUT2D eigenvalue weighted by Gasteiger charge is -2.12. The highest BCUT2D eigenvalue weighted by Gasteiger charge is 2.10. The van der Waals surface area contributed by atoms with Gasteiger partial charge in [0.1, 0.15) is 12.4 Å². The number of carbonyl (C=O) groups excluding carboxylic acids is 1. The van der Waals surface area contributed by atoms with Crippen LogP contribution in [0.25, 0.3) is 16.8 Å². The molecule has 0 radical (unpaired) electrons. The molecule has 1 N–H and O–H groups in total. The third-order valence-electron chi connectivity index (χ3n) is 4.48. The Morgan fingerprint density at radius 3 is 2.38 bits per heavy atom. The summed E-state index contributed by atoms with van der Waals surface area (Å²) in [6.07, 6.45) is 3.28. The fraction of sp³-hybridized carbons (Fsp3) is 0.0833. The number of nitrogens with zero attached hydrogens (tertiary/aromatic N) is 2. The zero-order valence-electron chi connectivity index (χ0n) is 15.9. The van der Waals surface area contributed by atoms with E-state index in [-0.39, 0.29) is 5.91 Å². The second-order valence-electron chi connectivity index (χ2n) is 6.48. The van der Waals surface area contributed by atoms with Crippen molar-refractivity contribution >= 4 is 5.91 Å². The average Bonchev–Trinajstić information content (AvgIpc) is 3.29. The molecule has 0 unspecified atom stereocenters. The number of rotatable bonds is 7. The molecule has 4 rings (SSSR count). The van der Waals surface area contributed by atoms with Crippen molar-refractivity contribution in [2.45, 2.75) is 0 Å². The second kappa shape index (κ2) is 8.89. The van der Waals surface area contributed by atoms with Crippen molar-refractivity contribution < 1.29 is 9.53 Å². The van der Waals surface area contributed by atoms with E-state index >= 15 is 0 Å². The van der Waals surface area contributed by atoms with Gasteiger partial charge < -0.3 is 10.1 Å². The van der Waals surface area contributed by atoms with Crippen LogP contribution in [0.2, 0.25) is 0 Å². The minimum atomic E-state index is -0.174. The van der Waals surface area contributed by atoms with Crippen molar-refractivity contribution in [1.29, 1.82) is 0 Å². The normalized spacial score (nSPS) is 10.5. The molecule has 0 aliphatic rings. The number of ether oxygens (including phenoxy) is 1. The molecule has 29 heavy (non-hydrogen) atoms. The molecule has 1 heterocycles. The van der Waals surface area contributed by atoms with E-state index in [9.17, 15) is 4.79 Å². The van der Waals surface area contributed by atoms with Crippen LogP contribution in [0.1, 0.15) is 10.4 Å². The fourth-order valence-corrected chi connectivity index (χ4v) is 3.04. The average molecular weight is 383 g/mol. The highest BCUT2D eigenvalue weighted by atomic mass is 16.5. The first kappa shape index (κ1) is 18.5. The Hall–Kier alpha value is -3.86. The standard InChI is InChI=1S/C24H21N3O2/c28-24(20-17-26-27(18-20)21-11-5-2-6-12-21)25-15-16-29-23-14-8-7-13-22(23)19-9-3-1-4-10-19/h1-14,17-18H,15-16H2,(H,25,28). The van der Waals surface area contributed by atoms with Gasteiger partial charge in [0.05, 0.1) is 24.0 Å². The van der Waals surface area contributed by atoms with Crippen LogP contribution >= 0.6 is 0 Å². The molecule has 3 aromatic carbocycles. The van der Waals surface area contributed by atoms with Crippen LogP contribution in [-0.4, -0.2) is 28.8 Å². The molecular weight excluding hydrogens is 362 g/mol. The van der Waals surface area contributed by atoms with Gasteiger partial charge in [-0.3, -0.25) is 4.79 Å². The molecule has 0 fully saturated rings. The lowest BCUT2D eigenvalue weighted by molar-refractivity contribution is 0.0947. The van der Waals surface area contributed by atoms with E-state index in [1.54, 1.807) is 17.1 Å². The summed E-state index contributed by atoms with van der Waals surface area (Å²) in [5.41, 5.74) is 3.55. The van der Waals surface area contributed by atoms with Crippen molar-refractivity contribution in [2.24, 2.45) is 0 Å². The second-order valence-corrected chi connectivity index (χ2v) is 6.48. The van der Waals surface area contributed by atoms with Gasteiger partial charge in [0.25, 0.3) is 5.91 Å². The van der Waals surface area contributed by atoms with E-state index in [2.05, 4.69) is 10.4 Å². The van der Waals surface area contributed by atoms with E-state index in [4.69, 9.17) is 4.74 Å². The minimum Gasteiger partial charge on any atom is -0.491 e. The first-order chi connectivity index (χ1) is 14.3. The maximum Gasteiger partial charge on any atom is 0.254 e. The van der Waals surface area contributed by atoms with Gasteiger partial charge in [0.2, 0.25) is 0 Å². The van der Waals surface area contributed by atoms with Crippen LogP contribution in [0.4, 0.5) is 0 Å². The number of aromatic nitrogens is 2. The monoisotopic (exact) mass is 383 g/mol. The predicted molar refractivity (Wildman–Crippen MR) is 113 cm³/mol. The minimum absolute atomic E-state index is 0.174. The Morgan fingerprint density at radius 1 is 0.897 bits per heavy atom. The molecule has 0 atom stereocenters. The molecule has 0 saturated carbocycles. The maximum atomic E-state index is 12.4. The van der Waals surface area contributed by atoms with Crippen molar-refractivity contribution in [2.75, 3.05) is 13.2 Å². The summed E-state index contributed by atoms with van der Waals surface area (Å²) in [6.45, 7) is 0.779. The van der Waals surface area contributed by atoms with Gasteiger partial charge in [-0.05, 0) is 23.8 Å². The SMILES string of the molecule is O=C(NCCOc1ccccc1-c1ccccc1)c1cnn(-c2ccccc2)c1. The van der Waals surface area contributed by atoms with Gasteiger partial charge in [0.15, 0.2) is 0 Å². The predicted octanol–water partition coefficient (Wildman–Crippen LogP) is 4.35. The van der Waals surface area contributed by atoms with E-state index in [0.29, 0.717) is 18.7 Å². The molecule has 0 saturated heterocycles. The third-order valence-corrected chi connectivity index (χ3v) is 4.48. The number of benzene rings is 3. The molecule has 1 aromatic heterocycles. The number of hydrogen-bond acceptors (Lipinski definition) is 3. The Kier molecular flexibility index (Phi) is 5.67. The molecule has 4 aromatic rings. The van der Waals surface area contributed by atoms with Crippen LogP contribution in [0.3, 0.4) is 0 Å². The Bertz CT molecular complexity index is 1080. The van der Waals surface area contributed by atoms with Crippen molar-refractivity contribution in [3.05, 3.63) is 103 Å². The summed E-state index contributed by atoms with van der Waals surface area (Å²) < 4.78 is 7.60. The summed E-state index contributed by atoms with van der Waals surface area (Å²) in [4.78, 5) is 12.4. The lowest BCUT2D eigenvalue weighted by Crippen LogP contribution is -2.27. The molecule has 0 bridgehead atoms. The van der Waals surface area contributed by atoms with E-state index in [1.807, 2.05) is 84.9 Å². The Balaban J connectivity index is 1.33. The summed E-state index contributed by atoms with van der Waals surface area (Å²) in [6, 6.07) is 27.7. The van der Waals surface area contributed by atoms with Crippen LogP contribution in [0.15, 0.2) is 97.3 Å². The molecule has 5 heteroatoms. The summed E-state index contributed by atoms with van der Waals surface area (Å²) in [5.74, 6) is 0.622. The summed E-state index contributed by atoms with van der Waals surface area (Å²) in [5, 5.41) is 7.13. The molecule has 0 spiro atoms. The Morgan fingerprint density at radius 2 is 1.59 bits per heavy atom. The molecule has 0 aliphatic carbocycles. The zero-order valence-corrected chi connectivity index (χ0v) is 15.9. The number of para-hydroxylation sites is 2. The summed E-state index contributed by atoms with van der Waals surface area (Å²) >= 11 is 0. The van der Waals surface area contributed by atoms with Crippen LogP contribution < -0.4 is 10.1 Å². The van der Waals surface area contributed by atoms with E-state index in [1.165, 1.54) is 0 Å². The molecule has 144 valence electrons. The maximum absolute atomic E-state index is 12.4. The summed E-state index contributed by atoms with van der Waals surface area (Å²) in [7, 11) is 0. The number of hydrogen-bond donors (Lipinski definition) is 1. The number of nitrogens with one attached hydrogen (secondary N) is 1. The van der Waals surface area contributed by atoms with Gasteiger partial charge >= 0.3 is 0 Å². The van der Waals surface area contributed by atoms with Gasteiger partial charge in [0, 0.05) is 11.8 Å². The van der Waals surface area contributed by atoms with Crippen LogP contribution in [0, 0.1) is 0 Å². The smallest absolute Gasteiger partial charge is 0.254 e. The first-order valence-electron chi connectivity index (χ1n) is 9.47. The van der Waals surface area contributed by atoms with Gasteiger partial charge in [-0.15, -0.1) is 0 Å². The van der Waals surface area contributed by atoms with Gasteiger partial charge in [-0.2, -0.15) is 5.10 Å². The van der Waals surface area contributed by atoms with Gasteiger partial charge in [-0.1, -0.05) is 66.7 Å². The van der Waals surface area contributed by atoms with Crippen LogP contribution in [0.5, 0.6) is 5.75 Å². The highest BCUT2D eigenvalue weighted by Crippen LogP contribution is 2.29. The lowest BCUT2D eigenvalue weighted by atomic mass is 10.1. The molecule has 5 nitrogen and oxygen atoms in total. The fourth-order valence-electron chi connectivity index (χ4n) is 3.04. The molecule has 1 amide bonds. The quantitative estimate of drug-likeness (QED) is 0.483. The van der Waals surface area contributed by atoms with Crippen molar-refractivity contribution in [3.63, 3.8) is 0 Å². The van der Waals surface area contributed by atoms with Gasteiger partial charge in [-0.25, -0.2) is 4.68 Å². The number of carbonyl (C=O) groups is 1. The first-order valence-corrected chi connectivity index (χ1v) is 9.47. The Labute approximate surface area is 169 Å². The topological polar surface area (TPSA) is 56.1 Å². The van der Waals surface area contributed by atoms with Crippen LogP contribution in [-0.2, 0) is 0 Å². The molecule has 0 aliphatic heterocycles.